The summed E-state index contributed by atoms with van der Waals surface area (Å²) in [6.45, 7) is 8.74. The number of ether oxygens (including phenoxy) is 2. The average Bonchev–Trinajstić information content (AvgIpc) is 3.04. The lowest BCUT2D eigenvalue weighted by molar-refractivity contribution is 0.0393. The van der Waals surface area contributed by atoms with Gasteiger partial charge in [0.1, 0.15) is 10.8 Å². The van der Waals surface area contributed by atoms with Crippen molar-refractivity contribution in [3.8, 4) is 5.75 Å². The second-order valence-electron chi connectivity index (χ2n) is 11.8. The molecule has 0 bridgehead atoms. The summed E-state index contributed by atoms with van der Waals surface area (Å²) in [5, 5.41) is 6.64. The first-order valence-corrected chi connectivity index (χ1v) is 17.9. The molecule has 3 heterocycles. The van der Waals surface area contributed by atoms with Crippen LogP contribution < -0.4 is 24.6 Å². The van der Waals surface area contributed by atoms with Gasteiger partial charge in [0.05, 0.1) is 43.2 Å². The number of piperazine rings is 1. The standard InChI is InChI=1S/C32H43ClN8O5S/c1-5-6-17-46-32(42)41-21-23(22-41)20-39-13-15-40(16-14-39)24-11-12-27(29(18-24)45-3)36-31-34-19-25(33)30(37-31)35-26-9-7-8-10-28(26)38(2)47(4,43)44/h7-12,18-19,23H,5-6,13-17,20-22H2,1-4H3,(H2,34,35,36,37). The molecular formula is C32H43ClN8O5S. The molecule has 2 saturated heterocycles. The van der Waals surface area contributed by atoms with Gasteiger partial charge < -0.3 is 29.9 Å². The maximum absolute atomic E-state index is 12.2. The fraction of sp³-hybridized carbons (Fsp3) is 0.469. The summed E-state index contributed by atoms with van der Waals surface area (Å²) < 4.78 is 36.6. The van der Waals surface area contributed by atoms with Crippen molar-refractivity contribution in [2.75, 3.05) is 92.7 Å². The molecule has 0 saturated carbocycles. The molecule has 0 aliphatic carbocycles. The molecule has 0 unspecified atom stereocenters. The van der Waals surface area contributed by atoms with Gasteiger partial charge in [-0.3, -0.25) is 9.21 Å². The molecule has 2 aliphatic heterocycles. The topological polar surface area (TPSA) is 132 Å². The SMILES string of the molecule is CCCCOC(=O)N1CC(CN2CCN(c3ccc(Nc4ncc(Cl)c(Nc5ccccc5N(C)S(C)(=O)=O)n4)c(OC)c3)CC2)C1. The molecule has 47 heavy (non-hydrogen) atoms. The highest BCUT2D eigenvalue weighted by Gasteiger charge is 2.33. The number of methoxy groups -OCH3 is 1. The number of benzene rings is 2. The van der Waals surface area contributed by atoms with Gasteiger partial charge in [-0.25, -0.2) is 18.2 Å². The second kappa shape index (κ2) is 15.3. The summed E-state index contributed by atoms with van der Waals surface area (Å²) in [4.78, 5) is 27.6. The van der Waals surface area contributed by atoms with Gasteiger partial charge in [0, 0.05) is 70.5 Å². The Kier molecular flexibility index (Phi) is 11.1. The molecule has 254 valence electrons. The Balaban J connectivity index is 1.17. The van der Waals surface area contributed by atoms with Crippen LogP contribution >= 0.6 is 11.6 Å². The highest BCUT2D eigenvalue weighted by Crippen LogP contribution is 2.34. The number of nitrogens with one attached hydrogen (secondary N) is 2. The lowest BCUT2D eigenvalue weighted by Crippen LogP contribution is -2.56. The van der Waals surface area contributed by atoms with Gasteiger partial charge in [-0.1, -0.05) is 37.1 Å². The van der Waals surface area contributed by atoms with E-state index in [0.717, 1.165) is 70.6 Å². The van der Waals surface area contributed by atoms with Crippen LogP contribution in [0.1, 0.15) is 19.8 Å². The zero-order valence-corrected chi connectivity index (χ0v) is 28.9. The van der Waals surface area contributed by atoms with Crippen molar-refractivity contribution in [1.82, 2.24) is 19.8 Å². The summed E-state index contributed by atoms with van der Waals surface area (Å²) in [7, 11) is -0.379. The Bertz CT molecular complexity index is 1650. The van der Waals surface area contributed by atoms with Crippen LogP contribution in [0, 0.1) is 5.92 Å². The quantitative estimate of drug-likeness (QED) is 0.235. The van der Waals surface area contributed by atoms with Crippen molar-refractivity contribution in [2.45, 2.75) is 19.8 Å². The number of sulfonamides is 1. The predicted molar refractivity (Wildman–Crippen MR) is 186 cm³/mol. The minimum atomic E-state index is -3.48. The maximum atomic E-state index is 12.2. The number of halogens is 1. The average molecular weight is 687 g/mol. The van der Waals surface area contributed by atoms with E-state index < -0.39 is 10.0 Å². The van der Waals surface area contributed by atoms with Crippen molar-refractivity contribution >= 4 is 62.2 Å². The molecule has 1 amide bonds. The first-order valence-electron chi connectivity index (χ1n) is 15.7. The number of likely N-dealkylation sites (tertiary alicyclic amines) is 1. The zero-order valence-electron chi connectivity index (χ0n) is 27.3. The molecule has 13 nitrogen and oxygen atoms in total. The van der Waals surface area contributed by atoms with Crippen LogP contribution in [0.5, 0.6) is 5.75 Å². The summed E-state index contributed by atoms with van der Waals surface area (Å²) in [5.41, 5.74) is 2.71. The summed E-state index contributed by atoms with van der Waals surface area (Å²) in [6.07, 6.45) is 4.35. The monoisotopic (exact) mass is 686 g/mol. The zero-order chi connectivity index (χ0) is 33.6. The van der Waals surface area contributed by atoms with Crippen molar-refractivity contribution < 1.29 is 22.7 Å². The third-order valence-electron chi connectivity index (χ3n) is 8.36. The number of carbonyl (C=O) groups is 1. The van der Waals surface area contributed by atoms with Crippen LogP contribution in [-0.2, 0) is 14.8 Å². The Hall–Kier alpha value is -4.01. The van der Waals surface area contributed by atoms with E-state index in [9.17, 15) is 13.2 Å². The fourth-order valence-corrected chi connectivity index (χ4v) is 6.21. The maximum Gasteiger partial charge on any atom is 0.409 e. The van der Waals surface area contributed by atoms with E-state index in [1.165, 1.54) is 17.5 Å². The van der Waals surface area contributed by atoms with E-state index in [1.807, 2.05) is 18.2 Å². The number of hydrogen-bond donors (Lipinski definition) is 2. The van der Waals surface area contributed by atoms with Crippen molar-refractivity contribution in [3.05, 3.63) is 53.7 Å². The summed E-state index contributed by atoms with van der Waals surface area (Å²) >= 11 is 6.42. The molecule has 1 aromatic heterocycles. The van der Waals surface area contributed by atoms with Gasteiger partial charge in [-0.15, -0.1) is 0 Å². The van der Waals surface area contributed by atoms with E-state index in [0.29, 0.717) is 41.2 Å². The number of anilines is 6. The molecule has 3 aromatic rings. The van der Waals surface area contributed by atoms with Gasteiger partial charge in [0.15, 0.2) is 5.82 Å². The Labute approximate surface area is 281 Å². The Morgan fingerprint density at radius 1 is 1.09 bits per heavy atom. The first-order chi connectivity index (χ1) is 22.5. The largest absolute Gasteiger partial charge is 0.494 e. The van der Waals surface area contributed by atoms with Crippen molar-refractivity contribution in [3.63, 3.8) is 0 Å². The lowest BCUT2D eigenvalue weighted by atomic mass is 10.00. The van der Waals surface area contributed by atoms with Gasteiger partial charge in [0.25, 0.3) is 0 Å². The molecule has 0 radical (unpaired) electrons. The van der Waals surface area contributed by atoms with Gasteiger partial charge in [-0.05, 0) is 30.7 Å². The molecule has 5 rings (SSSR count). The van der Waals surface area contributed by atoms with E-state index in [-0.39, 0.29) is 17.1 Å². The number of nitrogens with zero attached hydrogens (tertiary/aromatic N) is 6. The molecule has 0 atom stereocenters. The fourth-order valence-electron chi connectivity index (χ4n) is 5.56. The highest BCUT2D eigenvalue weighted by molar-refractivity contribution is 7.92. The van der Waals surface area contributed by atoms with Gasteiger partial charge in [0.2, 0.25) is 16.0 Å². The number of amides is 1. The van der Waals surface area contributed by atoms with E-state index in [2.05, 4.69) is 37.3 Å². The normalized spacial score (nSPS) is 15.6. The van der Waals surface area contributed by atoms with Crippen molar-refractivity contribution in [2.24, 2.45) is 5.92 Å². The Morgan fingerprint density at radius 3 is 2.53 bits per heavy atom. The molecule has 2 aromatic carbocycles. The van der Waals surface area contributed by atoms with Crippen LogP contribution in [0.3, 0.4) is 0 Å². The van der Waals surface area contributed by atoms with Gasteiger partial charge in [-0.2, -0.15) is 4.98 Å². The van der Waals surface area contributed by atoms with Crippen LogP contribution in [-0.4, -0.2) is 107 Å². The number of unbranched alkanes of at least 4 members (excludes halogenated alkanes) is 1. The number of aromatic nitrogens is 2. The lowest BCUT2D eigenvalue weighted by Gasteiger charge is -2.43. The first kappa shape index (κ1) is 34.3. The third-order valence-corrected chi connectivity index (χ3v) is 9.83. The van der Waals surface area contributed by atoms with E-state index >= 15 is 0 Å². The molecule has 15 heteroatoms. The Morgan fingerprint density at radius 2 is 1.83 bits per heavy atom. The summed E-state index contributed by atoms with van der Waals surface area (Å²) in [5.74, 6) is 1.72. The van der Waals surface area contributed by atoms with Crippen LogP contribution in [0.4, 0.5) is 39.3 Å². The number of hydrogen-bond acceptors (Lipinski definition) is 11. The molecule has 0 spiro atoms. The van der Waals surface area contributed by atoms with Crippen LogP contribution in [0.25, 0.3) is 0 Å². The predicted octanol–water partition coefficient (Wildman–Crippen LogP) is 5.01. The van der Waals surface area contributed by atoms with Gasteiger partial charge >= 0.3 is 6.09 Å². The molecular weight excluding hydrogens is 644 g/mol. The minimum absolute atomic E-state index is 0.188. The molecule has 2 fully saturated rings. The summed E-state index contributed by atoms with van der Waals surface area (Å²) in [6, 6.07) is 13.0. The number of para-hydroxylation sites is 2. The third kappa shape index (κ3) is 8.67. The van der Waals surface area contributed by atoms with E-state index in [4.69, 9.17) is 21.1 Å². The number of rotatable bonds is 13. The number of carbonyl (C=O) groups excluding carboxylic acids is 1. The van der Waals surface area contributed by atoms with Crippen molar-refractivity contribution in [1.29, 1.82) is 0 Å². The smallest absolute Gasteiger partial charge is 0.409 e. The second-order valence-corrected chi connectivity index (χ2v) is 14.2. The minimum Gasteiger partial charge on any atom is -0.494 e. The highest BCUT2D eigenvalue weighted by atomic mass is 35.5. The molecule has 2 aliphatic rings. The van der Waals surface area contributed by atoms with Crippen LogP contribution in [0.2, 0.25) is 5.02 Å². The van der Waals surface area contributed by atoms with E-state index in [1.54, 1.807) is 36.3 Å². The molecule has 2 N–H and O–H groups in total. The van der Waals surface area contributed by atoms with Crippen LogP contribution in [0.15, 0.2) is 48.7 Å².